The van der Waals surface area contributed by atoms with E-state index in [1.165, 1.54) is 32.8 Å². The Bertz CT molecular complexity index is 2490. The van der Waals surface area contributed by atoms with Crippen molar-refractivity contribution in [2.45, 2.75) is 0 Å². The van der Waals surface area contributed by atoms with Crippen molar-refractivity contribution in [2.24, 2.45) is 0 Å². The molecule has 0 saturated heterocycles. The largest absolute Gasteiger partial charge is 0.310 e. The highest BCUT2D eigenvalue weighted by atomic mass is 15.2. The minimum Gasteiger partial charge on any atom is -0.310 e. The summed E-state index contributed by atoms with van der Waals surface area (Å²) in [5.74, 6) is 0. The average molecular weight is 602 g/mol. The van der Waals surface area contributed by atoms with Gasteiger partial charge in [-0.15, -0.1) is 0 Å². The van der Waals surface area contributed by atoms with Crippen LogP contribution in [0.3, 0.4) is 0 Å². The van der Waals surface area contributed by atoms with Gasteiger partial charge in [-0.2, -0.15) is 0 Å². The predicted molar refractivity (Wildman–Crippen MR) is 198 cm³/mol. The fourth-order valence-electron chi connectivity index (χ4n) is 7.08. The molecule has 3 heteroatoms. The summed E-state index contributed by atoms with van der Waals surface area (Å²) in [7, 11) is 0. The van der Waals surface area contributed by atoms with Gasteiger partial charge < -0.3 is 4.90 Å². The topological polar surface area (TPSA) is 13.1 Å². The molecule has 0 radical (unpaired) electrons. The molecule has 2 aromatic heterocycles. The molecule has 0 spiro atoms. The normalized spacial score (nSPS) is 11.4. The summed E-state index contributed by atoms with van der Waals surface area (Å²) < 4.78 is 4.85. The number of hydrogen-bond acceptors (Lipinski definition) is 1. The van der Waals surface area contributed by atoms with Crippen molar-refractivity contribution in [3.05, 3.63) is 188 Å². The molecule has 0 saturated carbocycles. The van der Waals surface area contributed by atoms with Crippen molar-refractivity contribution in [2.75, 3.05) is 4.90 Å². The molecule has 9 rings (SSSR count). The van der Waals surface area contributed by atoms with Crippen LogP contribution in [-0.2, 0) is 0 Å². The Morgan fingerprint density at radius 3 is 1.62 bits per heavy atom. The van der Waals surface area contributed by atoms with Crippen molar-refractivity contribution in [3.63, 3.8) is 0 Å². The second-order valence-corrected chi connectivity index (χ2v) is 11.8. The van der Waals surface area contributed by atoms with E-state index in [9.17, 15) is 0 Å². The zero-order valence-corrected chi connectivity index (χ0v) is 25.7. The zero-order valence-electron chi connectivity index (χ0n) is 25.7. The Balaban J connectivity index is 1.38. The maximum atomic E-state index is 2.44. The van der Waals surface area contributed by atoms with Crippen LogP contribution in [0, 0.1) is 0 Å². The molecule has 0 aliphatic rings. The summed E-state index contributed by atoms with van der Waals surface area (Å²) in [5, 5.41) is 3.72. The molecule has 0 amide bonds. The molecular weight excluding hydrogens is 571 g/mol. The van der Waals surface area contributed by atoms with Crippen LogP contribution in [0.5, 0.6) is 0 Å². The third-order valence-electron chi connectivity index (χ3n) is 9.08. The van der Waals surface area contributed by atoms with Gasteiger partial charge in [-0.3, -0.25) is 9.13 Å². The van der Waals surface area contributed by atoms with E-state index in [-0.39, 0.29) is 0 Å². The van der Waals surface area contributed by atoms with Gasteiger partial charge in [-0.05, 0) is 66.2 Å². The molecule has 3 nitrogen and oxygen atoms in total. The van der Waals surface area contributed by atoms with Gasteiger partial charge in [-0.1, -0.05) is 127 Å². The highest BCUT2D eigenvalue weighted by molar-refractivity contribution is 6.23. The highest BCUT2D eigenvalue weighted by Gasteiger charge is 2.24. The van der Waals surface area contributed by atoms with E-state index < -0.39 is 0 Å². The first kappa shape index (κ1) is 27.0. The maximum absolute atomic E-state index is 2.44. The second-order valence-electron chi connectivity index (χ2n) is 11.8. The number of aromatic nitrogens is 2. The van der Waals surface area contributed by atoms with Gasteiger partial charge in [0, 0.05) is 44.5 Å². The lowest BCUT2D eigenvalue weighted by atomic mass is 10.0. The molecule has 2 heterocycles. The van der Waals surface area contributed by atoms with Gasteiger partial charge in [0.1, 0.15) is 5.65 Å². The van der Waals surface area contributed by atoms with E-state index in [0.29, 0.717) is 0 Å². The average Bonchev–Trinajstić information content (AvgIpc) is 3.66. The number of rotatable bonds is 6. The lowest BCUT2D eigenvalue weighted by Crippen LogP contribution is -2.11. The SMILES string of the molecule is c1ccc(-c2ccccc2N(c2ccccc2)c2ccc3c4c5ccccc5n(-c5ccccc5)c4n(-c4ccccc4)c3c2)cc1. The van der Waals surface area contributed by atoms with Gasteiger partial charge in [0.2, 0.25) is 0 Å². The molecule has 0 unspecified atom stereocenters. The lowest BCUT2D eigenvalue weighted by molar-refractivity contribution is 1.07. The predicted octanol–water partition coefficient (Wildman–Crippen LogP) is 11.9. The summed E-state index contributed by atoms with van der Waals surface area (Å²) in [6, 6.07) is 67.2. The number of fused-ring (bicyclic) bond motifs is 5. The van der Waals surface area contributed by atoms with Crippen molar-refractivity contribution in [1.29, 1.82) is 0 Å². The van der Waals surface area contributed by atoms with Crippen LogP contribution < -0.4 is 4.90 Å². The Morgan fingerprint density at radius 2 is 0.915 bits per heavy atom. The summed E-state index contributed by atoms with van der Waals surface area (Å²) in [4.78, 5) is 2.39. The summed E-state index contributed by atoms with van der Waals surface area (Å²) in [5.41, 5.74) is 11.5. The van der Waals surface area contributed by atoms with Crippen LogP contribution in [0.4, 0.5) is 17.1 Å². The minimum absolute atomic E-state index is 1.10. The molecule has 0 fully saturated rings. The molecule has 7 aromatic carbocycles. The fourth-order valence-corrected chi connectivity index (χ4v) is 7.08. The van der Waals surface area contributed by atoms with Gasteiger partial charge in [0.25, 0.3) is 0 Å². The quantitative estimate of drug-likeness (QED) is 0.185. The van der Waals surface area contributed by atoms with E-state index in [1.54, 1.807) is 0 Å². The fraction of sp³-hybridized carbons (Fsp3) is 0. The Hall–Kier alpha value is -6.32. The van der Waals surface area contributed by atoms with Crippen molar-refractivity contribution >= 4 is 49.9 Å². The molecule has 222 valence electrons. The third kappa shape index (κ3) is 4.44. The number of para-hydroxylation sites is 5. The molecule has 0 bridgehead atoms. The minimum atomic E-state index is 1.10. The van der Waals surface area contributed by atoms with Gasteiger partial charge >= 0.3 is 0 Å². The smallest absolute Gasteiger partial charge is 0.131 e. The highest BCUT2D eigenvalue weighted by Crippen LogP contribution is 2.45. The van der Waals surface area contributed by atoms with Gasteiger partial charge in [0.15, 0.2) is 0 Å². The molecule has 0 aliphatic carbocycles. The third-order valence-corrected chi connectivity index (χ3v) is 9.08. The lowest BCUT2D eigenvalue weighted by Gasteiger charge is -2.28. The molecule has 0 aliphatic heterocycles. The van der Waals surface area contributed by atoms with Crippen LogP contribution in [0.15, 0.2) is 188 Å². The van der Waals surface area contributed by atoms with E-state index in [0.717, 1.165) is 39.6 Å². The van der Waals surface area contributed by atoms with Crippen LogP contribution in [-0.4, -0.2) is 9.13 Å². The van der Waals surface area contributed by atoms with Crippen LogP contribution in [0.1, 0.15) is 0 Å². The van der Waals surface area contributed by atoms with Crippen molar-refractivity contribution in [1.82, 2.24) is 9.13 Å². The van der Waals surface area contributed by atoms with E-state index >= 15 is 0 Å². The number of nitrogens with zero attached hydrogens (tertiary/aromatic N) is 3. The first-order valence-electron chi connectivity index (χ1n) is 16.0. The first-order valence-corrected chi connectivity index (χ1v) is 16.0. The van der Waals surface area contributed by atoms with Crippen molar-refractivity contribution < 1.29 is 0 Å². The molecule has 9 aromatic rings. The Labute approximate surface area is 273 Å². The molecule has 47 heavy (non-hydrogen) atoms. The maximum Gasteiger partial charge on any atom is 0.131 e. The van der Waals surface area contributed by atoms with Crippen LogP contribution in [0.2, 0.25) is 0 Å². The van der Waals surface area contributed by atoms with Crippen molar-refractivity contribution in [3.8, 4) is 22.5 Å². The Kier molecular flexibility index (Phi) is 6.46. The molecule has 0 N–H and O–H groups in total. The van der Waals surface area contributed by atoms with Crippen LogP contribution >= 0.6 is 0 Å². The standard InChI is InChI=1S/C44H31N3/c1-5-17-32(18-6-1)37-25-13-15-27-40(37)45(33-19-7-2-8-20-33)36-29-30-39-42(31-36)47(35-23-11-4-12-24-35)44-43(39)38-26-14-16-28-41(38)46(44)34-21-9-3-10-22-34/h1-31H. The monoisotopic (exact) mass is 601 g/mol. The number of anilines is 3. The van der Waals surface area contributed by atoms with E-state index in [2.05, 4.69) is 202 Å². The van der Waals surface area contributed by atoms with E-state index in [1.807, 2.05) is 0 Å². The number of hydrogen-bond donors (Lipinski definition) is 0. The first-order chi connectivity index (χ1) is 23.4. The molecule has 0 atom stereocenters. The van der Waals surface area contributed by atoms with E-state index in [4.69, 9.17) is 0 Å². The summed E-state index contributed by atoms with van der Waals surface area (Å²) >= 11 is 0. The van der Waals surface area contributed by atoms with Crippen LogP contribution in [0.25, 0.3) is 55.3 Å². The van der Waals surface area contributed by atoms with Gasteiger partial charge in [-0.25, -0.2) is 0 Å². The zero-order chi connectivity index (χ0) is 31.2. The summed E-state index contributed by atoms with van der Waals surface area (Å²) in [6.07, 6.45) is 0. The Morgan fingerprint density at radius 1 is 0.383 bits per heavy atom. The van der Waals surface area contributed by atoms with Gasteiger partial charge in [0.05, 0.1) is 16.7 Å². The number of benzene rings is 7. The summed E-state index contributed by atoms with van der Waals surface area (Å²) in [6.45, 7) is 0. The molecular formula is C44H31N3. The second kappa shape index (κ2) is 11.2.